The fourth-order valence-electron chi connectivity index (χ4n) is 1.74. The summed E-state index contributed by atoms with van der Waals surface area (Å²) in [6.45, 7) is 7.62. The number of rotatable bonds is 5. The van der Waals surface area contributed by atoms with Crippen LogP contribution in [0.25, 0.3) is 0 Å². The Morgan fingerprint density at radius 1 is 1.19 bits per heavy atom. The maximum atomic E-state index is 5.83. The highest BCUT2D eigenvalue weighted by atomic mass is 32.2. The van der Waals surface area contributed by atoms with Gasteiger partial charge in [-0.3, -0.25) is 0 Å². The number of hydrogen-bond donors (Lipinski definition) is 1. The lowest BCUT2D eigenvalue weighted by atomic mass is 9.79. The fraction of sp³-hybridized carbons (Fsp3) is 0.571. The van der Waals surface area contributed by atoms with Crippen LogP contribution >= 0.6 is 11.8 Å². The van der Waals surface area contributed by atoms with E-state index in [1.54, 1.807) is 0 Å². The smallest absolute Gasteiger partial charge is 0.00719 e. The van der Waals surface area contributed by atoms with Gasteiger partial charge in [0, 0.05) is 4.90 Å². The maximum absolute atomic E-state index is 5.83. The molecule has 1 rings (SSSR count). The van der Waals surface area contributed by atoms with Gasteiger partial charge in [0.15, 0.2) is 0 Å². The first-order valence-electron chi connectivity index (χ1n) is 5.92. The number of benzene rings is 1. The third kappa shape index (κ3) is 4.58. The minimum Gasteiger partial charge on any atom is -0.330 e. The van der Waals surface area contributed by atoms with Crippen molar-refractivity contribution in [1.82, 2.24) is 0 Å². The summed E-state index contributed by atoms with van der Waals surface area (Å²) < 4.78 is 0. The molecule has 0 heterocycles. The second-order valence-electron chi connectivity index (χ2n) is 5.25. The van der Waals surface area contributed by atoms with Crippen molar-refractivity contribution in [2.24, 2.45) is 17.1 Å². The lowest BCUT2D eigenvalue weighted by molar-refractivity contribution is 0.242. The van der Waals surface area contributed by atoms with Gasteiger partial charge in [0.05, 0.1) is 0 Å². The standard InChI is InChI=1S/C14H23NS/c1-14(2,3)12(11-15)9-10-16-13-7-5-4-6-8-13/h4-8,12H,9-11,15H2,1-3H3. The zero-order chi connectivity index (χ0) is 12.0. The first-order chi connectivity index (χ1) is 7.54. The van der Waals surface area contributed by atoms with Gasteiger partial charge in [-0.05, 0) is 42.2 Å². The second kappa shape index (κ2) is 6.31. The van der Waals surface area contributed by atoms with Gasteiger partial charge >= 0.3 is 0 Å². The molecule has 0 fully saturated rings. The highest BCUT2D eigenvalue weighted by Crippen LogP contribution is 2.30. The molecule has 1 aromatic carbocycles. The number of nitrogens with two attached hydrogens (primary N) is 1. The summed E-state index contributed by atoms with van der Waals surface area (Å²) in [5.41, 5.74) is 6.15. The molecule has 0 aliphatic heterocycles. The number of hydrogen-bond acceptors (Lipinski definition) is 2. The van der Waals surface area contributed by atoms with Gasteiger partial charge in [0.1, 0.15) is 0 Å². The maximum Gasteiger partial charge on any atom is 0.00719 e. The van der Waals surface area contributed by atoms with Crippen LogP contribution in [0.2, 0.25) is 0 Å². The lowest BCUT2D eigenvalue weighted by Gasteiger charge is -2.29. The van der Waals surface area contributed by atoms with Crippen molar-refractivity contribution in [1.29, 1.82) is 0 Å². The Bertz CT molecular complexity index is 289. The van der Waals surface area contributed by atoms with Crippen molar-refractivity contribution in [2.75, 3.05) is 12.3 Å². The largest absolute Gasteiger partial charge is 0.330 e. The molecule has 0 aliphatic carbocycles. The van der Waals surface area contributed by atoms with E-state index in [1.165, 1.54) is 11.3 Å². The third-order valence-electron chi connectivity index (χ3n) is 2.99. The Morgan fingerprint density at radius 3 is 2.31 bits per heavy atom. The molecule has 1 atom stereocenters. The van der Waals surface area contributed by atoms with E-state index in [2.05, 4.69) is 51.1 Å². The van der Waals surface area contributed by atoms with Crippen LogP contribution in [0.15, 0.2) is 35.2 Å². The molecular weight excluding hydrogens is 214 g/mol. The zero-order valence-corrected chi connectivity index (χ0v) is 11.4. The summed E-state index contributed by atoms with van der Waals surface area (Å²) in [6.07, 6.45) is 1.19. The van der Waals surface area contributed by atoms with Crippen LogP contribution in [0.3, 0.4) is 0 Å². The first kappa shape index (κ1) is 13.6. The molecule has 16 heavy (non-hydrogen) atoms. The molecule has 0 saturated heterocycles. The molecule has 1 unspecified atom stereocenters. The van der Waals surface area contributed by atoms with Crippen LogP contribution in [0.5, 0.6) is 0 Å². The molecule has 0 aliphatic rings. The minimum atomic E-state index is 0.325. The highest BCUT2D eigenvalue weighted by Gasteiger charge is 2.22. The van der Waals surface area contributed by atoms with Gasteiger partial charge in [-0.15, -0.1) is 11.8 Å². The zero-order valence-electron chi connectivity index (χ0n) is 10.6. The van der Waals surface area contributed by atoms with Crippen LogP contribution in [-0.4, -0.2) is 12.3 Å². The fourth-order valence-corrected chi connectivity index (χ4v) is 2.73. The SMILES string of the molecule is CC(C)(C)C(CN)CCSc1ccccc1. The van der Waals surface area contributed by atoms with Gasteiger partial charge in [-0.2, -0.15) is 0 Å². The summed E-state index contributed by atoms with van der Waals surface area (Å²) in [5.74, 6) is 1.77. The average Bonchev–Trinajstić information content (AvgIpc) is 2.24. The van der Waals surface area contributed by atoms with Crippen LogP contribution in [0.4, 0.5) is 0 Å². The van der Waals surface area contributed by atoms with Crippen LogP contribution in [0, 0.1) is 11.3 Å². The van der Waals surface area contributed by atoms with Crippen molar-refractivity contribution in [3.05, 3.63) is 30.3 Å². The topological polar surface area (TPSA) is 26.0 Å². The van der Waals surface area contributed by atoms with E-state index < -0.39 is 0 Å². The Hall–Kier alpha value is -0.470. The first-order valence-corrected chi connectivity index (χ1v) is 6.90. The predicted molar refractivity (Wildman–Crippen MR) is 73.8 cm³/mol. The summed E-state index contributed by atoms with van der Waals surface area (Å²) in [6, 6.07) is 10.6. The molecule has 1 aromatic rings. The van der Waals surface area contributed by atoms with Crippen LogP contribution < -0.4 is 5.73 Å². The van der Waals surface area contributed by atoms with E-state index in [4.69, 9.17) is 5.73 Å². The Balaban J connectivity index is 2.35. The monoisotopic (exact) mass is 237 g/mol. The number of thioether (sulfide) groups is 1. The van der Waals surface area contributed by atoms with Gasteiger partial charge < -0.3 is 5.73 Å². The van der Waals surface area contributed by atoms with Gasteiger partial charge in [-0.1, -0.05) is 39.0 Å². The van der Waals surface area contributed by atoms with E-state index in [1.807, 2.05) is 11.8 Å². The Kier molecular flexibility index (Phi) is 5.36. The third-order valence-corrected chi connectivity index (χ3v) is 4.03. The molecule has 2 heteroatoms. The Labute approximate surface area is 104 Å². The summed E-state index contributed by atoms with van der Waals surface area (Å²) >= 11 is 1.92. The molecule has 1 nitrogen and oxygen atoms in total. The summed E-state index contributed by atoms with van der Waals surface area (Å²) in [5, 5.41) is 0. The van der Waals surface area contributed by atoms with E-state index in [-0.39, 0.29) is 0 Å². The highest BCUT2D eigenvalue weighted by molar-refractivity contribution is 7.99. The molecule has 90 valence electrons. The minimum absolute atomic E-state index is 0.325. The van der Waals surface area contributed by atoms with Crippen molar-refractivity contribution in [3.63, 3.8) is 0 Å². The predicted octanol–water partition coefficient (Wildman–Crippen LogP) is 3.79. The molecule has 0 bridgehead atoms. The van der Waals surface area contributed by atoms with Crippen LogP contribution in [-0.2, 0) is 0 Å². The molecule has 0 amide bonds. The molecule has 0 saturated carbocycles. The van der Waals surface area contributed by atoms with Crippen molar-refractivity contribution >= 4 is 11.8 Å². The van der Waals surface area contributed by atoms with E-state index in [0.717, 1.165) is 12.3 Å². The van der Waals surface area contributed by atoms with Gasteiger partial charge in [-0.25, -0.2) is 0 Å². The molecule has 0 aromatic heterocycles. The quantitative estimate of drug-likeness (QED) is 0.789. The van der Waals surface area contributed by atoms with Gasteiger partial charge in [0.2, 0.25) is 0 Å². The molecule has 0 radical (unpaired) electrons. The summed E-state index contributed by atoms with van der Waals surface area (Å²) in [7, 11) is 0. The molecule has 0 spiro atoms. The van der Waals surface area contributed by atoms with E-state index >= 15 is 0 Å². The van der Waals surface area contributed by atoms with E-state index in [0.29, 0.717) is 11.3 Å². The van der Waals surface area contributed by atoms with E-state index in [9.17, 15) is 0 Å². The average molecular weight is 237 g/mol. The Morgan fingerprint density at radius 2 is 1.81 bits per heavy atom. The molecule has 2 N–H and O–H groups in total. The summed E-state index contributed by atoms with van der Waals surface area (Å²) in [4.78, 5) is 1.35. The van der Waals surface area contributed by atoms with Crippen molar-refractivity contribution in [3.8, 4) is 0 Å². The normalized spacial score (nSPS) is 13.8. The van der Waals surface area contributed by atoms with Gasteiger partial charge in [0.25, 0.3) is 0 Å². The van der Waals surface area contributed by atoms with Crippen molar-refractivity contribution in [2.45, 2.75) is 32.1 Å². The van der Waals surface area contributed by atoms with Crippen LogP contribution in [0.1, 0.15) is 27.2 Å². The molecular formula is C14H23NS. The second-order valence-corrected chi connectivity index (χ2v) is 6.42. The van der Waals surface area contributed by atoms with Crippen molar-refractivity contribution < 1.29 is 0 Å². The lowest BCUT2D eigenvalue weighted by Crippen LogP contribution is -2.28.